The zero-order chi connectivity index (χ0) is 11.7. The molecule has 0 saturated carbocycles. The molecule has 2 unspecified atom stereocenters. The Kier molecular flexibility index (Phi) is 3.56. The predicted octanol–water partition coefficient (Wildman–Crippen LogP) is 4.95. The molecule has 16 heavy (non-hydrogen) atoms. The molecule has 0 aliphatic heterocycles. The van der Waals surface area contributed by atoms with E-state index in [4.69, 9.17) is 0 Å². The molecule has 0 aromatic heterocycles. The van der Waals surface area contributed by atoms with Gasteiger partial charge in [0, 0.05) is 6.42 Å². The highest BCUT2D eigenvalue weighted by molar-refractivity contribution is 5.53. The maximum Gasteiger partial charge on any atom is 0.0201 e. The van der Waals surface area contributed by atoms with Gasteiger partial charge >= 0.3 is 0 Å². The minimum atomic E-state index is 0.689. The van der Waals surface area contributed by atoms with Crippen LogP contribution < -0.4 is 0 Å². The first-order valence-electron chi connectivity index (χ1n) is 6.82. The Hall–Kier alpha value is -0.520. The summed E-state index contributed by atoms with van der Waals surface area (Å²) in [4.78, 5) is 0. The largest absolute Gasteiger partial charge is 0.0654 e. The van der Waals surface area contributed by atoms with E-state index in [1.54, 1.807) is 11.1 Å². The summed E-state index contributed by atoms with van der Waals surface area (Å²) in [6.45, 7) is 9.21. The van der Waals surface area contributed by atoms with E-state index in [2.05, 4.69) is 34.1 Å². The van der Waals surface area contributed by atoms with Crippen molar-refractivity contribution in [3.63, 3.8) is 0 Å². The van der Waals surface area contributed by atoms with Gasteiger partial charge in [0.2, 0.25) is 0 Å². The average molecular weight is 216 g/mol. The molecule has 0 bridgehead atoms. The summed E-state index contributed by atoms with van der Waals surface area (Å²) in [6.07, 6.45) is 10.4. The van der Waals surface area contributed by atoms with Crippen LogP contribution in [0.2, 0.25) is 0 Å². The van der Waals surface area contributed by atoms with Gasteiger partial charge in [-0.15, -0.1) is 0 Å². The molecule has 2 atom stereocenters. The smallest absolute Gasteiger partial charge is 0.0201 e. The molecule has 0 spiro atoms. The number of hydrogen-bond donors (Lipinski definition) is 0. The van der Waals surface area contributed by atoms with Gasteiger partial charge < -0.3 is 0 Å². The number of allylic oxidation sites excluding steroid dienone is 4. The minimum Gasteiger partial charge on any atom is -0.0654 e. The van der Waals surface area contributed by atoms with Crippen molar-refractivity contribution in [1.82, 2.24) is 0 Å². The summed E-state index contributed by atoms with van der Waals surface area (Å²) >= 11 is 0. The van der Waals surface area contributed by atoms with E-state index in [0.29, 0.717) is 5.92 Å². The van der Waals surface area contributed by atoms with Crippen molar-refractivity contribution in [3.05, 3.63) is 28.7 Å². The highest BCUT2D eigenvalue weighted by atomic mass is 14.4. The van der Waals surface area contributed by atoms with Crippen molar-refractivity contribution in [2.45, 2.75) is 59.8 Å². The van der Waals surface area contributed by atoms with Gasteiger partial charge in [-0.2, -0.15) is 0 Å². The fraction of sp³-hybridized carbons (Fsp3) is 0.688. The van der Waals surface area contributed by atoms with E-state index in [-0.39, 0.29) is 0 Å². The van der Waals surface area contributed by atoms with E-state index in [9.17, 15) is 0 Å². The van der Waals surface area contributed by atoms with E-state index in [1.807, 2.05) is 0 Å². The lowest BCUT2D eigenvalue weighted by atomic mass is 9.79. The van der Waals surface area contributed by atoms with E-state index in [0.717, 1.165) is 5.92 Å². The number of unbranched alkanes of at least 4 members (excludes halogenated alkanes) is 1. The van der Waals surface area contributed by atoms with Crippen molar-refractivity contribution >= 4 is 0 Å². The molecular formula is C16H24. The third-order valence-corrected chi connectivity index (χ3v) is 4.48. The van der Waals surface area contributed by atoms with Gasteiger partial charge in [-0.3, -0.25) is 0 Å². The molecule has 2 aliphatic carbocycles. The monoisotopic (exact) mass is 216 g/mol. The van der Waals surface area contributed by atoms with Crippen LogP contribution in [-0.2, 0) is 0 Å². The van der Waals surface area contributed by atoms with Gasteiger partial charge in [-0.1, -0.05) is 37.8 Å². The molecule has 0 aromatic rings. The Morgan fingerprint density at radius 1 is 1.31 bits per heavy atom. The Morgan fingerprint density at radius 2 is 2.06 bits per heavy atom. The minimum absolute atomic E-state index is 0.689. The number of hydrogen-bond acceptors (Lipinski definition) is 0. The van der Waals surface area contributed by atoms with Crippen molar-refractivity contribution < 1.29 is 0 Å². The molecular weight excluding hydrogens is 192 g/mol. The van der Waals surface area contributed by atoms with Crippen LogP contribution in [0.25, 0.3) is 0 Å². The lowest BCUT2D eigenvalue weighted by molar-refractivity contribution is 0.471. The van der Waals surface area contributed by atoms with E-state index >= 15 is 0 Å². The topological polar surface area (TPSA) is 0 Å². The molecule has 2 aliphatic rings. The molecule has 0 aromatic carbocycles. The van der Waals surface area contributed by atoms with Crippen molar-refractivity contribution in [2.24, 2.45) is 11.8 Å². The molecule has 0 fully saturated rings. The molecule has 0 nitrogen and oxygen atoms in total. The van der Waals surface area contributed by atoms with Crippen molar-refractivity contribution in [2.75, 3.05) is 0 Å². The van der Waals surface area contributed by atoms with Gasteiger partial charge in [-0.25, -0.2) is 0 Å². The van der Waals surface area contributed by atoms with Gasteiger partial charge in [0.25, 0.3) is 0 Å². The maximum absolute atomic E-state index is 3.78. The van der Waals surface area contributed by atoms with E-state index < -0.39 is 0 Å². The third kappa shape index (κ3) is 1.99. The summed E-state index contributed by atoms with van der Waals surface area (Å²) in [5.74, 6) is 1.42. The summed E-state index contributed by atoms with van der Waals surface area (Å²) in [6, 6.07) is 0. The van der Waals surface area contributed by atoms with Gasteiger partial charge in [-0.05, 0) is 56.1 Å². The zero-order valence-corrected chi connectivity index (χ0v) is 11.2. The molecule has 0 heterocycles. The van der Waals surface area contributed by atoms with Crippen LogP contribution in [0.1, 0.15) is 59.8 Å². The summed E-state index contributed by atoms with van der Waals surface area (Å²) < 4.78 is 0. The highest BCUT2D eigenvalue weighted by Crippen LogP contribution is 2.46. The van der Waals surface area contributed by atoms with Crippen LogP contribution in [0.15, 0.2) is 22.3 Å². The Balaban J connectivity index is 2.08. The van der Waals surface area contributed by atoms with E-state index in [1.165, 1.54) is 43.3 Å². The second kappa shape index (κ2) is 4.77. The fourth-order valence-corrected chi connectivity index (χ4v) is 3.06. The van der Waals surface area contributed by atoms with Gasteiger partial charge in [0.1, 0.15) is 0 Å². The van der Waals surface area contributed by atoms with Crippen molar-refractivity contribution in [1.29, 1.82) is 0 Å². The molecule has 0 heteroatoms. The quantitative estimate of drug-likeness (QED) is 0.626. The zero-order valence-electron chi connectivity index (χ0n) is 11.2. The highest BCUT2D eigenvalue weighted by Gasteiger charge is 2.31. The molecule has 2 radical (unpaired) electrons. The second-order valence-corrected chi connectivity index (χ2v) is 5.45. The number of rotatable bonds is 3. The van der Waals surface area contributed by atoms with Crippen LogP contribution in [-0.4, -0.2) is 0 Å². The summed E-state index contributed by atoms with van der Waals surface area (Å²) in [7, 11) is 0. The lowest BCUT2D eigenvalue weighted by Gasteiger charge is -2.25. The van der Waals surface area contributed by atoms with Crippen LogP contribution >= 0.6 is 0 Å². The predicted molar refractivity (Wildman–Crippen MR) is 70.1 cm³/mol. The van der Waals surface area contributed by atoms with Crippen LogP contribution in [0.5, 0.6) is 0 Å². The molecule has 0 saturated heterocycles. The Morgan fingerprint density at radius 3 is 2.75 bits per heavy atom. The average Bonchev–Trinajstić information content (AvgIpc) is 2.52. The lowest BCUT2D eigenvalue weighted by Crippen LogP contribution is -2.12. The summed E-state index contributed by atoms with van der Waals surface area (Å²) in [5, 5.41) is 0. The van der Waals surface area contributed by atoms with Crippen molar-refractivity contribution in [3.8, 4) is 0 Å². The summed E-state index contributed by atoms with van der Waals surface area (Å²) in [5.41, 5.74) is 6.26. The van der Waals surface area contributed by atoms with Crippen LogP contribution in [0.3, 0.4) is 0 Å². The third-order valence-electron chi connectivity index (χ3n) is 4.48. The normalized spacial score (nSPS) is 30.0. The second-order valence-electron chi connectivity index (χ2n) is 5.45. The van der Waals surface area contributed by atoms with Gasteiger partial charge in [0.15, 0.2) is 0 Å². The molecule has 0 amide bonds. The van der Waals surface area contributed by atoms with Gasteiger partial charge in [0.05, 0.1) is 0 Å². The molecule has 88 valence electrons. The maximum atomic E-state index is 3.78. The molecule has 0 N–H and O–H groups in total. The first kappa shape index (κ1) is 12.0. The first-order valence-corrected chi connectivity index (χ1v) is 6.82. The Bertz CT molecular complexity index is 330. The fourth-order valence-electron chi connectivity index (χ4n) is 3.06. The van der Waals surface area contributed by atoms with Crippen LogP contribution in [0, 0.1) is 18.3 Å². The standard InChI is InChI=1S/C16H24/c1-5-6-7-14-8-9-15-12(3)11(2)13(4)16(15)10-14/h12,14H,5-9H2,1-4H3. The SMILES string of the molecule is CCCCC1[C]C2=C(CC1)C(C)C(C)=C2C. The first-order chi connectivity index (χ1) is 7.65. The van der Waals surface area contributed by atoms with Crippen LogP contribution in [0.4, 0.5) is 0 Å². The Labute approximate surface area is 101 Å². The molecule has 2 rings (SSSR count).